The molecule has 0 bridgehead atoms. The van der Waals surface area contributed by atoms with E-state index in [4.69, 9.17) is 4.74 Å². The van der Waals surface area contributed by atoms with Crippen molar-refractivity contribution in [3.8, 4) is 5.75 Å². The summed E-state index contributed by atoms with van der Waals surface area (Å²) in [6.45, 7) is 9.40. The molecular formula is C26H29NO. The molecule has 144 valence electrons. The standard InChI is InChI=1S/C26H29NO/c1-19-15-25(16-20(2)26(19)28-18-22-9-5-4-6-10-22)21(3)27-14-13-23-11-7-8-12-24(23)17-27/h4-12,15-16,21H,13-14,17-18H2,1-3H3. The van der Waals surface area contributed by atoms with Gasteiger partial charge < -0.3 is 4.74 Å². The van der Waals surface area contributed by atoms with Gasteiger partial charge in [-0.1, -0.05) is 66.7 Å². The minimum atomic E-state index is 0.397. The highest BCUT2D eigenvalue weighted by atomic mass is 16.5. The Bertz CT molecular complexity index is 925. The maximum atomic E-state index is 6.17. The predicted molar refractivity (Wildman–Crippen MR) is 116 cm³/mol. The van der Waals surface area contributed by atoms with E-state index in [0.717, 1.165) is 25.3 Å². The summed E-state index contributed by atoms with van der Waals surface area (Å²) >= 11 is 0. The molecule has 28 heavy (non-hydrogen) atoms. The topological polar surface area (TPSA) is 12.5 Å². The van der Waals surface area contributed by atoms with Gasteiger partial charge in [0.2, 0.25) is 0 Å². The van der Waals surface area contributed by atoms with Gasteiger partial charge >= 0.3 is 0 Å². The highest BCUT2D eigenvalue weighted by molar-refractivity contribution is 5.44. The average molecular weight is 372 g/mol. The van der Waals surface area contributed by atoms with Crippen LogP contribution in [0.3, 0.4) is 0 Å². The summed E-state index contributed by atoms with van der Waals surface area (Å²) in [6, 6.07) is 24.2. The Morgan fingerprint density at radius 3 is 2.25 bits per heavy atom. The van der Waals surface area contributed by atoms with Gasteiger partial charge in [-0.25, -0.2) is 0 Å². The molecule has 2 heteroatoms. The smallest absolute Gasteiger partial charge is 0.125 e. The minimum absolute atomic E-state index is 0.397. The molecule has 0 aliphatic carbocycles. The van der Waals surface area contributed by atoms with Crippen LogP contribution in [0.2, 0.25) is 0 Å². The second-order valence-electron chi connectivity index (χ2n) is 7.92. The average Bonchev–Trinajstić information content (AvgIpc) is 2.73. The van der Waals surface area contributed by atoms with E-state index >= 15 is 0 Å². The molecule has 3 aromatic carbocycles. The van der Waals surface area contributed by atoms with Crippen LogP contribution in [0.5, 0.6) is 5.75 Å². The van der Waals surface area contributed by atoms with Gasteiger partial charge in [0, 0.05) is 19.1 Å². The van der Waals surface area contributed by atoms with Gasteiger partial charge in [0.1, 0.15) is 12.4 Å². The van der Waals surface area contributed by atoms with Crippen molar-refractivity contribution < 1.29 is 4.74 Å². The van der Waals surface area contributed by atoms with Crippen LogP contribution >= 0.6 is 0 Å². The summed E-state index contributed by atoms with van der Waals surface area (Å²) in [6.07, 6.45) is 1.14. The van der Waals surface area contributed by atoms with Crippen LogP contribution < -0.4 is 4.74 Å². The van der Waals surface area contributed by atoms with Crippen LogP contribution in [-0.2, 0) is 19.6 Å². The van der Waals surface area contributed by atoms with E-state index in [1.165, 1.54) is 33.4 Å². The first-order valence-corrected chi connectivity index (χ1v) is 10.2. The summed E-state index contributed by atoms with van der Waals surface area (Å²) in [4.78, 5) is 2.58. The van der Waals surface area contributed by atoms with Crippen molar-refractivity contribution in [1.29, 1.82) is 0 Å². The van der Waals surface area contributed by atoms with Gasteiger partial charge in [-0.15, -0.1) is 0 Å². The molecule has 0 radical (unpaired) electrons. The Labute approximate surface area is 168 Å². The molecule has 1 aliphatic heterocycles. The summed E-state index contributed by atoms with van der Waals surface area (Å²) in [5, 5.41) is 0. The summed E-state index contributed by atoms with van der Waals surface area (Å²) in [5.41, 5.74) is 7.98. The Morgan fingerprint density at radius 1 is 0.893 bits per heavy atom. The monoisotopic (exact) mass is 371 g/mol. The third-order valence-corrected chi connectivity index (χ3v) is 5.90. The van der Waals surface area contributed by atoms with Crippen molar-refractivity contribution in [2.24, 2.45) is 0 Å². The van der Waals surface area contributed by atoms with Crippen molar-refractivity contribution in [1.82, 2.24) is 4.90 Å². The second kappa shape index (κ2) is 8.20. The third-order valence-electron chi connectivity index (χ3n) is 5.90. The number of hydrogen-bond donors (Lipinski definition) is 0. The zero-order chi connectivity index (χ0) is 19.5. The highest BCUT2D eigenvalue weighted by Crippen LogP contribution is 2.32. The van der Waals surface area contributed by atoms with Gasteiger partial charge in [0.15, 0.2) is 0 Å². The molecule has 3 aromatic rings. The lowest BCUT2D eigenvalue weighted by molar-refractivity contribution is 0.192. The molecule has 2 nitrogen and oxygen atoms in total. The molecule has 1 heterocycles. The van der Waals surface area contributed by atoms with E-state index in [1.54, 1.807) is 0 Å². The minimum Gasteiger partial charge on any atom is -0.488 e. The molecule has 1 unspecified atom stereocenters. The van der Waals surface area contributed by atoms with Gasteiger partial charge in [-0.2, -0.15) is 0 Å². The zero-order valence-corrected chi connectivity index (χ0v) is 17.1. The number of benzene rings is 3. The first-order chi connectivity index (χ1) is 13.6. The molecule has 0 saturated carbocycles. The lowest BCUT2D eigenvalue weighted by atomic mass is 9.95. The fourth-order valence-electron chi connectivity index (χ4n) is 4.24. The van der Waals surface area contributed by atoms with Gasteiger partial charge in [0.05, 0.1) is 0 Å². The van der Waals surface area contributed by atoms with Crippen LogP contribution in [0.4, 0.5) is 0 Å². The highest BCUT2D eigenvalue weighted by Gasteiger charge is 2.22. The van der Waals surface area contributed by atoms with Crippen LogP contribution in [0.15, 0.2) is 66.7 Å². The summed E-state index contributed by atoms with van der Waals surface area (Å²) in [5.74, 6) is 1.02. The molecule has 4 rings (SSSR count). The van der Waals surface area contributed by atoms with Crippen molar-refractivity contribution in [2.75, 3.05) is 6.54 Å². The Balaban J connectivity index is 1.49. The molecule has 0 amide bonds. The Kier molecular flexibility index (Phi) is 5.50. The first-order valence-electron chi connectivity index (χ1n) is 10.2. The number of nitrogens with zero attached hydrogens (tertiary/aromatic N) is 1. The van der Waals surface area contributed by atoms with Crippen LogP contribution in [0.1, 0.15) is 46.3 Å². The van der Waals surface area contributed by atoms with E-state index in [2.05, 4.69) is 86.3 Å². The SMILES string of the molecule is Cc1cc(C(C)N2CCc3ccccc3C2)cc(C)c1OCc1ccccc1. The maximum Gasteiger partial charge on any atom is 0.125 e. The van der Waals surface area contributed by atoms with Crippen LogP contribution in [-0.4, -0.2) is 11.4 Å². The molecule has 0 N–H and O–H groups in total. The largest absolute Gasteiger partial charge is 0.488 e. The van der Waals surface area contributed by atoms with Crippen molar-refractivity contribution in [3.05, 3.63) is 100 Å². The van der Waals surface area contributed by atoms with Crippen molar-refractivity contribution in [2.45, 2.75) is 46.4 Å². The fourth-order valence-corrected chi connectivity index (χ4v) is 4.24. The maximum absolute atomic E-state index is 6.17. The number of fused-ring (bicyclic) bond motifs is 1. The Hall–Kier alpha value is -2.58. The van der Waals surface area contributed by atoms with Gasteiger partial charge in [-0.3, -0.25) is 4.90 Å². The number of aryl methyl sites for hydroxylation is 2. The Morgan fingerprint density at radius 2 is 1.54 bits per heavy atom. The van der Waals surface area contributed by atoms with E-state index in [-0.39, 0.29) is 0 Å². The van der Waals surface area contributed by atoms with E-state index in [1.807, 2.05) is 6.07 Å². The molecule has 0 fully saturated rings. The molecule has 0 saturated heterocycles. The number of ether oxygens (including phenoxy) is 1. The third kappa shape index (κ3) is 3.98. The lowest BCUT2D eigenvalue weighted by Gasteiger charge is -2.34. The second-order valence-corrected chi connectivity index (χ2v) is 7.92. The van der Waals surface area contributed by atoms with Crippen LogP contribution in [0, 0.1) is 13.8 Å². The first kappa shape index (κ1) is 18.8. The van der Waals surface area contributed by atoms with Gasteiger partial charge in [-0.05, 0) is 60.6 Å². The summed E-state index contributed by atoms with van der Waals surface area (Å²) in [7, 11) is 0. The normalized spacial score (nSPS) is 15.1. The molecule has 0 aromatic heterocycles. The molecule has 1 atom stereocenters. The molecular weight excluding hydrogens is 342 g/mol. The molecule has 1 aliphatic rings. The van der Waals surface area contributed by atoms with Crippen molar-refractivity contribution >= 4 is 0 Å². The number of hydrogen-bond acceptors (Lipinski definition) is 2. The lowest BCUT2D eigenvalue weighted by Crippen LogP contribution is -2.32. The van der Waals surface area contributed by atoms with Crippen molar-refractivity contribution in [3.63, 3.8) is 0 Å². The zero-order valence-electron chi connectivity index (χ0n) is 17.1. The predicted octanol–water partition coefficient (Wildman–Crippen LogP) is 6.00. The fraction of sp³-hybridized carbons (Fsp3) is 0.308. The summed E-state index contributed by atoms with van der Waals surface area (Å²) < 4.78 is 6.17. The van der Waals surface area contributed by atoms with E-state index < -0.39 is 0 Å². The van der Waals surface area contributed by atoms with Crippen LogP contribution in [0.25, 0.3) is 0 Å². The van der Waals surface area contributed by atoms with E-state index in [0.29, 0.717) is 12.6 Å². The van der Waals surface area contributed by atoms with E-state index in [9.17, 15) is 0 Å². The quantitative estimate of drug-likeness (QED) is 0.545. The van der Waals surface area contributed by atoms with Gasteiger partial charge in [0.25, 0.3) is 0 Å². The molecule has 0 spiro atoms. The number of rotatable bonds is 5.